The molecule has 0 radical (unpaired) electrons. The van der Waals surface area contributed by atoms with Crippen molar-refractivity contribution in [1.29, 1.82) is 0 Å². The topological polar surface area (TPSA) is 157 Å². The van der Waals surface area contributed by atoms with E-state index in [1.807, 2.05) is 0 Å². The smallest absolute Gasteiger partial charge is 0.382 e. The van der Waals surface area contributed by atoms with Crippen molar-refractivity contribution < 1.29 is 38.4 Å². The van der Waals surface area contributed by atoms with E-state index in [4.69, 9.17) is 9.47 Å². The highest BCUT2D eigenvalue weighted by Gasteiger charge is 2.35. The Bertz CT molecular complexity index is 848. The van der Waals surface area contributed by atoms with Crippen LogP contribution in [0.1, 0.15) is 18.9 Å². The number of nitrogens with zero attached hydrogens (tertiary/aromatic N) is 2. The largest absolute Gasteiger partial charge is 0.466 e. The highest BCUT2D eigenvalue weighted by Crippen LogP contribution is 2.43. The highest BCUT2D eigenvalue weighted by molar-refractivity contribution is 5.95. The minimum absolute atomic E-state index is 0.0689. The molecule has 1 aliphatic heterocycles. The fourth-order valence-electron chi connectivity index (χ4n) is 2.49. The molecule has 0 saturated carbocycles. The van der Waals surface area contributed by atoms with Crippen molar-refractivity contribution in [2.75, 3.05) is 20.5 Å². The van der Waals surface area contributed by atoms with Crippen LogP contribution < -0.4 is 9.47 Å². The molecule has 1 unspecified atom stereocenters. The number of nitro groups is 2. The van der Waals surface area contributed by atoms with Crippen molar-refractivity contribution in [3.63, 3.8) is 0 Å². The van der Waals surface area contributed by atoms with Gasteiger partial charge in [0.1, 0.15) is 0 Å². The van der Waals surface area contributed by atoms with Gasteiger partial charge in [-0.2, -0.15) is 0 Å². The predicted molar refractivity (Wildman–Crippen MR) is 91.2 cm³/mol. The van der Waals surface area contributed by atoms with Gasteiger partial charge in [0, 0.05) is 10.5 Å². The third kappa shape index (κ3) is 4.34. The molecule has 1 aromatic carbocycles. The third-order valence-electron chi connectivity index (χ3n) is 3.73. The first-order valence-corrected chi connectivity index (χ1v) is 7.96. The average molecular weight is 396 g/mol. The molecule has 0 N–H and O–H groups in total. The number of methoxy groups -OCH3 is 1. The van der Waals surface area contributed by atoms with Gasteiger partial charge in [-0.1, -0.05) is 0 Å². The van der Waals surface area contributed by atoms with Gasteiger partial charge in [-0.3, -0.25) is 20.2 Å². The number of fused-ring (bicyclic) bond motifs is 1. The van der Waals surface area contributed by atoms with Crippen molar-refractivity contribution in [2.24, 2.45) is 0 Å². The molecule has 0 fully saturated rings. The Morgan fingerprint density at radius 1 is 1.29 bits per heavy atom. The molecule has 150 valence electrons. The molecule has 0 aromatic heterocycles. The van der Waals surface area contributed by atoms with E-state index in [9.17, 15) is 29.8 Å². The maximum Gasteiger partial charge on any atom is 0.382 e. The molecule has 0 saturated heterocycles. The Morgan fingerprint density at radius 3 is 2.57 bits per heavy atom. The summed E-state index contributed by atoms with van der Waals surface area (Å²) in [6.45, 7) is 1.18. The molecule has 1 aliphatic rings. The molecule has 2 rings (SSSR count). The van der Waals surface area contributed by atoms with Gasteiger partial charge >= 0.3 is 23.7 Å². The number of carbonyl (C=O) groups excluding carboxylic acids is 2. The quantitative estimate of drug-likeness (QED) is 0.273. The highest BCUT2D eigenvalue weighted by atomic mass is 16.7. The minimum Gasteiger partial charge on any atom is -0.466 e. The van der Waals surface area contributed by atoms with E-state index in [0.29, 0.717) is 0 Å². The van der Waals surface area contributed by atoms with Gasteiger partial charge in [0.2, 0.25) is 12.5 Å². The number of benzene rings is 1. The predicted octanol–water partition coefficient (Wildman–Crippen LogP) is 1.48. The summed E-state index contributed by atoms with van der Waals surface area (Å²) >= 11 is 0. The van der Waals surface area contributed by atoms with E-state index >= 15 is 0 Å². The normalized spacial score (nSPS) is 13.6. The van der Waals surface area contributed by atoms with Gasteiger partial charge < -0.3 is 18.9 Å². The van der Waals surface area contributed by atoms with Gasteiger partial charge in [0.05, 0.1) is 30.6 Å². The van der Waals surface area contributed by atoms with Gasteiger partial charge in [0.15, 0.2) is 5.75 Å². The first-order chi connectivity index (χ1) is 13.3. The van der Waals surface area contributed by atoms with Gasteiger partial charge in [-0.15, -0.1) is 0 Å². The Hall–Kier alpha value is -3.70. The van der Waals surface area contributed by atoms with E-state index in [1.54, 1.807) is 0 Å². The van der Waals surface area contributed by atoms with E-state index < -0.39 is 39.9 Å². The molecule has 12 nitrogen and oxygen atoms in total. The standard InChI is InChI=1S/C16H16N2O10/c1-3-26-16(20)11(17(21)22)7-10(15(19)25-2)6-9-4-5-12-14(28-8-27-12)13(9)18(23)24/h4-6,11H,3,7-8H2,1-2H3/b10-6+. The molecule has 1 aromatic rings. The number of hydrogen-bond donors (Lipinski definition) is 0. The number of rotatable bonds is 8. The maximum absolute atomic E-state index is 12.1. The first-order valence-electron chi connectivity index (χ1n) is 7.96. The van der Waals surface area contributed by atoms with Gasteiger partial charge in [-0.05, 0) is 25.1 Å². The van der Waals surface area contributed by atoms with E-state index in [0.717, 1.165) is 13.2 Å². The lowest BCUT2D eigenvalue weighted by molar-refractivity contribution is -0.509. The first kappa shape index (κ1) is 20.6. The third-order valence-corrected chi connectivity index (χ3v) is 3.73. The SMILES string of the molecule is CCOC(=O)C(C/C(=C\c1ccc2c(c1[N+](=O)[O-])OCO2)C(=O)OC)[N+](=O)[O-]. The Morgan fingerprint density at radius 2 is 2.00 bits per heavy atom. The molecular weight excluding hydrogens is 380 g/mol. The molecule has 0 bridgehead atoms. The molecule has 0 aliphatic carbocycles. The second kappa shape index (κ2) is 8.79. The average Bonchev–Trinajstić information content (AvgIpc) is 3.11. The summed E-state index contributed by atoms with van der Waals surface area (Å²) in [5.41, 5.74) is -0.870. The van der Waals surface area contributed by atoms with Crippen LogP contribution in [0.2, 0.25) is 0 Å². The summed E-state index contributed by atoms with van der Waals surface area (Å²) in [4.78, 5) is 45.0. The van der Waals surface area contributed by atoms with E-state index in [-0.39, 0.29) is 36.0 Å². The minimum atomic E-state index is -1.88. The van der Waals surface area contributed by atoms with Crippen LogP contribution in [-0.2, 0) is 19.1 Å². The van der Waals surface area contributed by atoms with Crippen LogP contribution in [0.5, 0.6) is 11.5 Å². The summed E-state index contributed by atoms with van der Waals surface area (Å²) in [7, 11) is 1.04. The molecule has 0 amide bonds. The Balaban J connectivity index is 2.50. The van der Waals surface area contributed by atoms with E-state index in [2.05, 4.69) is 9.47 Å². The Labute approximate surface area is 157 Å². The molecule has 1 atom stereocenters. The second-order valence-corrected chi connectivity index (χ2v) is 5.41. The van der Waals surface area contributed by atoms with Crippen LogP contribution in [0.25, 0.3) is 6.08 Å². The summed E-state index contributed by atoms with van der Waals surface area (Å²) in [6.07, 6.45) is 0.367. The number of nitro benzene ring substituents is 1. The van der Waals surface area contributed by atoms with Crippen LogP contribution in [0.3, 0.4) is 0 Å². The Kier molecular flexibility index (Phi) is 6.47. The molecule has 12 heteroatoms. The fraction of sp³-hybridized carbons (Fsp3) is 0.375. The van der Waals surface area contributed by atoms with Crippen LogP contribution in [0.4, 0.5) is 5.69 Å². The van der Waals surface area contributed by atoms with Crippen molar-refractivity contribution in [2.45, 2.75) is 19.4 Å². The summed E-state index contributed by atoms with van der Waals surface area (Å²) in [6, 6.07) is 0.811. The monoisotopic (exact) mass is 396 g/mol. The zero-order chi connectivity index (χ0) is 20.8. The molecule has 0 spiro atoms. The molecular formula is C16H16N2O10. The number of ether oxygens (including phenoxy) is 4. The lowest BCUT2D eigenvalue weighted by atomic mass is 10.0. The number of hydrogen-bond acceptors (Lipinski definition) is 10. The summed E-state index contributed by atoms with van der Waals surface area (Å²) in [5.74, 6) is -2.09. The number of esters is 2. The molecule has 28 heavy (non-hydrogen) atoms. The molecule has 1 heterocycles. The van der Waals surface area contributed by atoms with Crippen LogP contribution in [0.15, 0.2) is 17.7 Å². The lowest BCUT2D eigenvalue weighted by Crippen LogP contribution is -2.33. The van der Waals surface area contributed by atoms with Crippen molar-refractivity contribution in [3.05, 3.63) is 43.5 Å². The zero-order valence-electron chi connectivity index (χ0n) is 14.9. The van der Waals surface area contributed by atoms with Gasteiger partial charge in [-0.25, -0.2) is 9.59 Å². The van der Waals surface area contributed by atoms with Gasteiger partial charge in [0.25, 0.3) is 0 Å². The number of carbonyl (C=O) groups is 2. The summed E-state index contributed by atoms with van der Waals surface area (Å²) < 4.78 is 19.4. The van der Waals surface area contributed by atoms with E-state index in [1.165, 1.54) is 19.1 Å². The fourth-order valence-corrected chi connectivity index (χ4v) is 2.49. The summed E-state index contributed by atoms with van der Waals surface area (Å²) in [5, 5.41) is 22.7. The van der Waals surface area contributed by atoms with Crippen molar-refractivity contribution >= 4 is 23.7 Å². The maximum atomic E-state index is 12.1. The lowest BCUT2D eigenvalue weighted by Gasteiger charge is -2.11. The zero-order valence-corrected chi connectivity index (χ0v) is 14.9. The van der Waals surface area contributed by atoms with Crippen LogP contribution in [0, 0.1) is 20.2 Å². The van der Waals surface area contributed by atoms with Crippen molar-refractivity contribution in [1.82, 2.24) is 0 Å². The van der Waals surface area contributed by atoms with Crippen molar-refractivity contribution in [3.8, 4) is 11.5 Å². The van der Waals surface area contributed by atoms with Crippen LogP contribution in [-0.4, -0.2) is 48.3 Å². The second-order valence-electron chi connectivity index (χ2n) is 5.41. The van der Waals surface area contributed by atoms with Crippen LogP contribution >= 0.6 is 0 Å².